The highest BCUT2D eigenvalue weighted by atomic mass is 35.5. The smallest absolute Gasteiger partial charge is 0.225 e. The average Bonchev–Trinajstić information content (AvgIpc) is 2.17. The topological polar surface area (TPSA) is 61.0 Å². The second kappa shape index (κ2) is 3.55. The molecule has 0 atom stereocenters. The first kappa shape index (κ1) is 9.98. The van der Waals surface area contributed by atoms with Crippen LogP contribution in [0.2, 0.25) is 5.28 Å². The van der Waals surface area contributed by atoms with Crippen molar-refractivity contribution < 1.29 is 4.74 Å². The summed E-state index contributed by atoms with van der Waals surface area (Å²) in [6.45, 7) is 1.94. The Labute approximate surface area is 92.0 Å². The first-order chi connectivity index (χ1) is 7.13. The number of methoxy groups -OCH3 is 1. The summed E-state index contributed by atoms with van der Waals surface area (Å²) in [6, 6.07) is 3.75. The monoisotopic (exact) mass is 223 g/mol. The van der Waals surface area contributed by atoms with E-state index in [-0.39, 0.29) is 5.28 Å². The molecule has 2 rings (SSSR count). The molecule has 0 radical (unpaired) electrons. The number of halogens is 1. The lowest BCUT2D eigenvalue weighted by Gasteiger charge is -2.08. The van der Waals surface area contributed by atoms with Crippen LogP contribution in [0.15, 0.2) is 12.1 Å². The van der Waals surface area contributed by atoms with Crippen LogP contribution in [0.5, 0.6) is 5.75 Å². The van der Waals surface area contributed by atoms with Crippen molar-refractivity contribution in [2.45, 2.75) is 6.92 Å². The molecule has 0 saturated carbocycles. The first-order valence-electron chi connectivity index (χ1n) is 4.40. The third-order valence-electron chi connectivity index (χ3n) is 2.24. The van der Waals surface area contributed by atoms with Gasteiger partial charge in [-0.05, 0) is 30.2 Å². The van der Waals surface area contributed by atoms with Crippen molar-refractivity contribution in [1.29, 1.82) is 0 Å². The summed E-state index contributed by atoms with van der Waals surface area (Å²) < 4.78 is 5.19. The number of rotatable bonds is 1. The van der Waals surface area contributed by atoms with Gasteiger partial charge in [0.15, 0.2) is 0 Å². The number of nitrogens with two attached hydrogens (primary N) is 1. The maximum Gasteiger partial charge on any atom is 0.225 e. The van der Waals surface area contributed by atoms with Crippen molar-refractivity contribution in [2.75, 3.05) is 12.8 Å². The number of anilines is 1. The van der Waals surface area contributed by atoms with E-state index in [4.69, 9.17) is 22.1 Å². The van der Waals surface area contributed by atoms with E-state index in [0.29, 0.717) is 17.1 Å². The molecular formula is C10H10ClN3O. The number of benzene rings is 1. The number of hydrogen-bond donors (Lipinski definition) is 1. The van der Waals surface area contributed by atoms with Gasteiger partial charge in [-0.3, -0.25) is 0 Å². The van der Waals surface area contributed by atoms with Gasteiger partial charge in [0.2, 0.25) is 5.28 Å². The number of fused-ring (bicyclic) bond motifs is 1. The third kappa shape index (κ3) is 1.57. The number of aromatic nitrogens is 2. The van der Waals surface area contributed by atoms with Crippen LogP contribution in [0.4, 0.5) is 5.82 Å². The van der Waals surface area contributed by atoms with Crippen LogP contribution in [0.25, 0.3) is 10.9 Å². The summed E-state index contributed by atoms with van der Waals surface area (Å²) in [4.78, 5) is 8.03. The zero-order valence-electron chi connectivity index (χ0n) is 8.41. The molecule has 0 aliphatic carbocycles. The molecule has 0 bridgehead atoms. The quantitative estimate of drug-likeness (QED) is 0.753. The molecule has 0 aliphatic heterocycles. The van der Waals surface area contributed by atoms with Crippen molar-refractivity contribution in [3.05, 3.63) is 23.0 Å². The first-order valence-corrected chi connectivity index (χ1v) is 4.77. The fourth-order valence-electron chi connectivity index (χ4n) is 1.54. The van der Waals surface area contributed by atoms with Crippen molar-refractivity contribution in [1.82, 2.24) is 9.97 Å². The van der Waals surface area contributed by atoms with Crippen molar-refractivity contribution >= 4 is 28.3 Å². The third-order valence-corrected chi connectivity index (χ3v) is 2.41. The van der Waals surface area contributed by atoms with E-state index in [1.165, 1.54) is 0 Å². The predicted molar refractivity (Wildman–Crippen MR) is 60.2 cm³/mol. The minimum absolute atomic E-state index is 0.129. The van der Waals surface area contributed by atoms with Crippen LogP contribution in [0.1, 0.15) is 5.56 Å². The lowest BCUT2D eigenvalue weighted by atomic mass is 10.1. The molecule has 2 aromatic rings. The van der Waals surface area contributed by atoms with E-state index in [1.807, 2.05) is 19.1 Å². The van der Waals surface area contributed by atoms with E-state index < -0.39 is 0 Å². The summed E-state index contributed by atoms with van der Waals surface area (Å²) in [5.74, 6) is 1.02. The molecule has 4 nitrogen and oxygen atoms in total. The molecule has 0 unspecified atom stereocenters. The van der Waals surface area contributed by atoms with Crippen molar-refractivity contribution in [3.63, 3.8) is 0 Å². The van der Waals surface area contributed by atoms with Crippen LogP contribution >= 0.6 is 11.6 Å². The Hall–Kier alpha value is -1.55. The molecule has 0 fully saturated rings. The Kier molecular flexibility index (Phi) is 2.36. The minimum atomic E-state index is 0.129. The van der Waals surface area contributed by atoms with E-state index in [2.05, 4.69) is 9.97 Å². The maximum atomic E-state index is 5.79. The zero-order chi connectivity index (χ0) is 11.0. The summed E-state index contributed by atoms with van der Waals surface area (Å²) >= 11 is 5.75. The molecule has 0 saturated heterocycles. The summed E-state index contributed by atoms with van der Waals surface area (Å²) in [5, 5.41) is 0.919. The molecule has 0 aliphatic rings. The summed E-state index contributed by atoms with van der Waals surface area (Å²) in [7, 11) is 1.58. The molecule has 2 N–H and O–H groups in total. The SMILES string of the molecule is COc1ccc(C)c2c(N)nc(Cl)nc12. The van der Waals surface area contributed by atoms with E-state index in [9.17, 15) is 0 Å². The van der Waals surface area contributed by atoms with Gasteiger partial charge in [0.1, 0.15) is 17.1 Å². The predicted octanol–water partition coefficient (Wildman–Crippen LogP) is 2.18. The molecule has 1 aromatic heterocycles. The Morgan fingerprint density at radius 2 is 2.07 bits per heavy atom. The lowest BCUT2D eigenvalue weighted by molar-refractivity contribution is 0.419. The van der Waals surface area contributed by atoms with Gasteiger partial charge in [0, 0.05) is 5.39 Å². The van der Waals surface area contributed by atoms with Gasteiger partial charge in [0.25, 0.3) is 0 Å². The molecule has 78 valence electrons. The molecule has 0 amide bonds. The van der Waals surface area contributed by atoms with Crippen molar-refractivity contribution in [3.8, 4) is 5.75 Å². The largest absolute Gasteiger partial charge is 0.494 e. The minimum Gasteiger partial charge on any atom is -0.494 e. The number of nitrogen functional groups attached to an aromatic ring is 1. The summed E-state index contributed by atoms with van der Waals surface area (Å²) in [5.41, 5.74) is 7.44. The highest BCUT2D eigenvalue weighted by Crippen LogP contribution is 2.30. The van der Waals surface area contributed by atoms with Gasteiger partial charge in [0.05, 0.1) is 7.11 Å². The number of nitrogens with zero attached hydrogens (tertiary/aromatic N) is 2. The van der Waals surface area contributed by atoms with Gasteiger partial charge in [-0.1, -0.05) is 6.07 Å². The van der Waals surface area contributed by atoms with Gasteiger partial charge >= 0.3 is 0 Å². The highest BCUT2D eigenvalue weighted by molar-refractivity contribution is 6.29. The zero-order valence-corrected chi connectivity index (χ0v) is 9.17. The second-order valence-electron chi connectivity index (χ2n) is 3.19. The van der Waals surface area contributed by atoms with Crippen molar-refractivity contribution in [2.24, 2.45) is 0 Å². The fourth-order valence-corrected chi connectivity index (χ4v) is 1.72. The Bertz CT molecular complexity index is 528. The highest BCUT2D eigenvalue weighted by Gasteiger charge is 2.10. The Balaban J connectivity index is 2.93. The van der Waals surface area contributed by atoms with Crippen LogP contribution in [-0.2, 0) is 0 Å². The van der Waals surface area contributed by atoms with Gasteiger partial charge in [-0.25, -0.2) is 9.97 Å². The Morgan fingerprint density at radius 3 is 2.73 bits per heavy atom. The molecule has 5 heteroatoms. The van der Waals surface area contributed by atoms with E-state index in [0.717, 1.165) is 10.9 Å². The normalized spacial score (nSPS) is 10.6. The lowest BCUT2D eigenvalue weighted by Crippen LogP contribution is -1.98. The molecule has 1 aromatic carbocycles. The Morgan fingerprint density at radius 1 is 1.33 bits per heavy atom. The molecular weight excluding hydrogens is 214 g/mol. The van der Waals surface area contributed by atoms with E-state index >= 15 is 0 Å². The van der Waals surface area contributed by atoms with Gasteiger partial charge in [-0.15, -0.1) is 0 Å². The molecule has 15 heavy (non-hydrogen) atoms. The van der Waals surface area contributed by atoms with Crippen LogP contribution in [-0.4, -0.2) is 17.1 Å². The second-order valence-corrected chi connectivity index (χ2v) is 3.52. The van der Waals surface area contributed by atoms with Gasteiger partial charge in [-0.2, -0.15) is 0 Å². The number of hydrogen-bond acceptors (Lipinski definition) is 4. The molecule has 1 heterocycles. The number of aryl methyl sites for hydroxylation is 1. The van der Waals surface area contributed by atoms with Crippen LogP contribution in [0, 0.1) is 6.92 Å². The summed E-state index contributed by atoms with van der Waals surface area (Å²) in [6.07, 6.45) is 0. The van der Waals surface area contributed by atoms with Crippen LogP contribution in [0.3, 0.4) is 0 Å². The standard InChI is InChI=1S/C10H10ClN3O/c1-5-3-4-6(15-2)8-7(5)9(12)14-10(11)13-8/h3-4H,1-2H3,(H2,12,13,14). The fraction of sp³-hybridized carbons (Fsp3) is 0.200. The maximum absolute atomic E-state index is 5.79. The van der Waals surface area contributed by atoms with E-state index in [1.54, 1.807) is 7.11 Å². The van der Waals surface area contributed by atoms with Gasteiger partial charge < -0.3 is 10.5 Å². The number of ether oxygens (including phenoxy) is 1. The average molecular weight is 224 g/mol. The van der Waals surface area contributed by atoms with Crippen LogP contribution < -0.4 is 10.5 Å². The molecule has 0 spiro atoms.